The second kappa shape index (κ2) is 9.75. The van der Waals surface area contributed by atoms with Crippen molar-refractivity contribution in [3.8, 4) is 22.8 Å². The number of nitrogens with zero attached hydrogens (tertiary/aromatic N) is 1. The summed E-state index contributed by atoms with van der Waals surface area (Å²) in [7, 11) is 1.69. The van der Waals surface area contributed by atoms with Crippen molar-refractivity contribution < 1.29 is 14.2 Å². The van der Waals surface area contributed by atoms with Gasteiger partial charge in [-0.2, -0.15) is 0 Å². The van der Waals surface area contributed by atoms with E-state index >= 15 is 0 Å². The normalized spacial score (nSPS) is 15.7. The number of methoxy groups -OCH3 is 1. The summed E-state index contributed by atoms with van der Waals surface area (Å²) >= 11 is 0. The van der Waals surface area contributed by atoms with E-state index in [1.54, 1.807) is 7.11 Å². The molecule has 1 aliphatic carbocycles. The van der Waals surface area contributed by atoms with Crippen LogP contribution in [0.4, 0.5) is 0 Å². The Balaban J connectivity index is 1.80. The minimum Gasteiger partial charge on any atom is -0.493 e. The lowest BCUT2D eigenvalue weighted by atomic mass is 10.0. The molecule has 0 amide bonds. The van der Waals surface area contributed by atoms with Crippen LogP contribution in [-0.4, -0.2) is 30.9 Å². The predicted molar refractivity (Wildman–Crippen MR) is 109 cm³/mol. The maximum atomic E-state index is 6.25. The molecule has 0 aliphatic heterocycles. The van der Waals surface area contributed by atoms with Crippen LogP contribution in [0, 0.1) is 0 Å². The Bertz CT molecular complexity index is 725. The summed E-state index contributed by atoms with van der Waals surface area (Å²) in [6.07, 6.45) is 9.03. The summed E-state index contributed by atoms with van der Waals surface area (Å²) in [5, 5.41) is 0. The van der Waals surface area contributed by atoms with Crippen LogP contribution < -0.4 is 9.47 Å². The van der Waals surface area contributed by atoms with E-state index in [4.69, 9.17) is 14.2 Å². The monoisotopic (exact) mass is 369 g/mol. The quantitative estimate of drug-likeness (QED) is 0.590. The van der Waals surface area contributed by atoms with Crippen molar-refractivity contribution in [3.05, 3.63) is 42.1 Å². The molecule has 1 atom stereocenters. The van der Waals surface area contributed by atoms with Crippen molar-refractivity contribution in [2.45, 2.75) is 64.6 Å². The minimum absolute atomic E-state index is 0.289. The number of benzene rings is 1. The van der Waals surface area contributed by atoms with E-state index in [-0.39, 0.29) is 6.10 Å². The molecule has 146 valence electrons. The lowest BCUT2D eigenvalue weighted by Crippen LogP contribution is -2.12. The SMILES string of the molecule is CCC(C)OCCc1cccnc1-c1ccc(OC)c(OC2CCCC2)c1. The molecule has 0 saturated heterocycles. The van der Waals surface area contributed by atoms with E-state index in [2.05, 4.69) is 37.0 Å². The summed E-state index contributed by atoms with van der Waals surface area (Å²) in [5.41, 5.74) is 3.24. The van der Waals surface area contributed by atoms with Crippen molar-refractivity contribution in [2.75, 3.05) is 13.7 Å². The minimum atomic E-state index is 0.289. The summed E-state index contributed by atoms with van der Waals surface area (Å²) in [5.74, 6) is 1.59. The zero-order valence-corrected chi connectivity index (χ0v) is 16.7. The summed E-state index contributed by atoms with van der Waals surface area (Å²) < 4.78 is 17.6. The molecule has 1 fully saturated rings. The van der Waals surface area contributed by atoms with Gasteiger partial charge in [0.1, 0.15) is 0 Å². The Morgan fingerprint density at radius 2 is 1.96 bits per heavy atom. The molecule has 1 aromatic carbocycles. The fourth-order valence-electron chi connectivity index (χ4n) is 3.49. The topological polar surface area (TPSA) is 40.6 Å². The Labute approximate surface area is 162 Å². The van der Waals surface area contributed by atoms with Crippen LogP contribution in [0.25, 0.3) is 11.3 Å². The maximum absolute atomic E-state index is 6.25. The number of hydrogen-bond donors (Lipinski definition) is 0. The van der Waals surface area contributed by atoms with Crippen molar-refractivity contribution >= 4 is 0 Å². The van der Waals surface area contributed by atoms with E-state index in [0.717, 1.165) is 48.4 Å². The van der Waals surface area contributed by atoms with Crippen LogP contribution in [0.3, 0.4) is 0 Å². The van der Waals surface area contributed by atoms with Crippen LogP contribution in [0.1, 0.15) is 51.5 Å². The third-order valence-corrected chi connectivity index (χ3v) is 5.27. The summed E-state index contributed by atoms with van der Waals surface area (Å²) in [6, 6.07) is 10.2. The zero-order chi connectivity index (χ0) is 19.1. The van der Waals surface area contributed by atoms with Crippen molar-refractivity contribution in [1.82, 2.24) is 4.98 Å². The first-order valence-electron chi connectivity index (χ1n) is 10.1. The highest BCUT2D eigenvalue weighted by Gasteiger charge is 2.19. The van der Waals surface area contributed by atoms with E-state index in [9.17, 15) is 0 Å². The van der Waals surface area contributed by atoms with Crippen molar-refractivity contribution in [3.63, 3.8) is 0 Å². The van der Waals surface area contributed by atoms with Crippen LogP contribution in [0.15, 0.2) is 36.5 Å². The molecule has 1 aliphatic rings. The summed E-state index contributed by atoms with van der Waals surface area (Å²) in [4.78, 5) is 4.64. The second-order valence-corrected chi connectivity index (χ2v) is 7.24. The second-order valence-electron chi connectivity index (χ2n) is 7.24. The molecule has 0 bridgehead atoms. The first kappa shape index (κ1) is 19.7. The molecule has 0 spiro atoms. The highest BCUT2D eigenvalue weighted by Crippen LogP contribution is 2.35. The highest BCUT2D eigenvalue weighted by atomic mass is 16.5. The van der Waals surface area contributed by atoms with E-state index in [0.29, 0.717) is 12.7 Å². The Morgan fingerprint density at radius 1 is 1.15 bits per heavy atom. The standard InChI is InChI=1S/C23H31NO3/c1-4-17(2)26-15-13-18-8-7-14-24-23(18)19-11-12-21(25-3)22(16-19)27-20-9-5-6-10-20/h7-8,11-12,14,16-17,20H,4-6,9-10,13,15H2,1-3H3. The van der Waals surface area contributed by atoms with Gasteiger partial charge in [-0.15, -0.1) is 0 Å². The van der Waals surface area contributed by atoms with Gasteiger partial charge in [-0.05, 0) is 75.3 Å². The van der Waals surface area contributed by atoms with Gasteiger partial charge in [0, 0.05) is 11.8 Å². The molecule has 1 unspecified atom stereocenters. The molecule has 2 aromatic rings. The molecule has 3 rings (SSSR count). The largest absolute Gasteiger partial charge is 0.493 e. The molecule has 27 heavy (non-hydrogen) atoms. The Morgan fingerprint density at radius 3 is 2.70 bits per heavy atom. The van der Waals surface area contributed by atoms with Gasteiger partial charge < -0.3 is 14.2 Å². The van der Waals surface area contributed by atoms with Crippen LogP contribution in [-0.2, 0) is 11.2 Å². The van der Waals surface area contributed by atoms with Gasteiger partial charge in [0.05, 0.1) is 31.6 Å². The first-order valence-corrected chi connectivity index (χ1v) is 10.1. The van der Waals surface area contributed by atoms with Crippen molar-refractivity contribution in [1.29, 1.82) is 0 Å². The van der Waals surface area contributed by atoms with Gasteiger partial charge in [0.15, 0.2) is 11.5 Å². The average molecular weight is 370 g/mol. The molecular weight excluding hydrogens is 338 g/mol. The molecule has 0 radical (unpaired) electrons. The van der Waals surface area contributed by atoms with E-state index in [1.807, 2.05) is 18.3 Å². The number of rotatable bonds is 9. The van der Waals surface area contributed by atoms with Gasteiger partial charge >= 0.3 is 0 Å². The van der Waals surface area contributed by atoms with Crippen LogP contribution >= 0.6 is 0 Å². The molecule has 4 heteroatoms. The highest BCUT2D eigenvalue weighted by molar-refractivity contribution is 5.67. The number of hydrogen-bond acceptors (Lipinski definition) is 4. The van der Waals surface area contributed by atoms with E-state index in [1.165, 1.54) is 18.4 Å². The Hall–Kier alpha value is -2.07. The number of aromatic nitrogens is 1. The Kier molecular flexibility index (Phi) is 7.11. The van der Waals surface area contributed by atoms with Gasteiger partial charge in [-0.25, -0.2) is 0 Å². The fraction of sp³-hybridized carbons (Fsp3) is 0.522. The van der Waals surface area contributed by atoms with Crippen LogP contribution in [0.5, 0.6) is 11.5 Å². The first-order chi connectivity index (χ1) is 13.2. The van der Waals surface area contributed by atoms with E-state index < -0.39 is 0 Å². The fourth-order valence-corrected chi connectivity index (χ4v) is 3.49. The lowest BCUT2D eigenvalue weighted by Gasteiger charge is -2.17. The smallest absolute Gasteiger partial charge is 0.162 e. The molecule has 0 N–H and O–H groups in total. The summed E-state index contributed by atoms with van der Waals surface area (Å²) in [6.45, 7) is 4.96. The molecule has 1 heterocycles. The molecule has 4 nitrogen and oxygen atoms in total. The predicted octanol–water partition coefficient (Wildman–Crippen LogP) is 5.44. The van der Waals surface area contributed by atoms with Crippen molar-refractivity contribution in [2.24, 2.45) is 0 Å². The third-order valence-electron chi connectivity index (χ3n) is 5.27. The molecular formula is C23H31NO3. The average Bonchev–Trinajstić information content (AvgIpc) is 3.21. The van der Waals surface area contributed by atoms with Gasteiger partial charge in [0.2, 0.25) is 0 Å². The van der Waals surface area contributed by atoms with Crippen LogP contribution in [0.2, 0.25) is 0 Å². The molecule has 1 saturated carbocycles. The van der Waals surface area contributed by atoms with Gasteiger partial charge in [-0.3, -0.25) is 4.98 Å². The zero-order valence-electron chi connectivity index (χ0n) is 16.7. The number of pyridine rings is 1. The van der Waals surface area contributed by atoms with Gasteiger partial charge in [0.25, 0.3) is 0 Å². The van der Waals surface area contributed by atoms with Gasteiger partial charge in [-0.1, -0.05) is 13.0 Å². The maximum Gasteiger partial charge on any atom is 0.162 e. The molecule has 1 aromatic heterocycles. The lowest BCUT2D eigenvalue weighted by molar-refractivity contribution is 0.0660. The number of ether oxygens (including phenoxy) is 3. The third kappa shape index (κ3) is 5.23.